The average molecular weight is 298 g/mol. The van der Waals surface area contributed by atoms with E-state index in [9.17, 15) is 9.50 Å². The van der Waals surface area contributed by atoms with Crippen LogP contribution in [0.25, 0.3) is 10.9 Å². The van der Waals surface area contributed by atoms with Gasteiger partial charge in [-0.3, -0.25) is 4.68 Å². The molecule has 112 valence electrons. The lowest BCUT2D eigenvalue weighted by molar-refractivity contribution is 0.156. The summed E-state index contributed by atoms with van der Waals surface area (Å²) in [5.74, 6) is -0.217. The first kappa shape index (κ1) is 13.4. The highest BCUT2D eigenvalue weighted by Gasteiger charge is 2.38. The zero-order valence-corrected chi connectivity index (χ0v) is 11.8. The van der Waals surface area contributed by atoms with E-state index >= 15 is 0 Å². The number of aromatic nitrogens is 2. The van der Waals surface area contributed by atoms with Crippen LogP contribution < -0.4 is 0 Å². The van der Waals surface area contributed by atoms with Crippen molar-refractivity contribution in [2.45, 2.75) is 25.4 Å². The Kier molecular flexibility index (Phi) is 3.17. The summed E-state index contributed by atoms with van der Waals surface area (Å²) in [6, 6.07) is 12.5. The Hall–Kier alpha value is -2.24. The molecule has 0 spiro atoms. The molecule has 2 heterocycles. The van der Waals surface area contributed by atoms with Gasteiger partial charge in [-0.25, -0.2) is 4.39 Å². The molecule has 0 radical (unpaired) electrons. The van der Waals surface area contributed by atoms with Crippen LogP contribution in [0.1, 0.15) is 17.2 Å². The number of aliphatic hydroxyl groups excluding tert-OH is 1. The van der Waals surface area contributed by atoms with Gasteiger partial charge in [0.15, 0.2) is 6.29 Å². The van der Waals surface area contributed by atoms with Crippen molar-refractivity contribution < 1.29 is 14.2 Å². The Morgan fingerprint density at radius 2 is 1.95 bits per heavy atom. The summed E-state index contributed by atoms with van der Waals surface area (Å²) >= 11 is 0. The van der Waals surface area contributed by atoms with Crippen LogP contribution in [0.5, 0.6) is 0 Å². The Bertz CT molecular complexity index is 813. The number of hydrogen-bond donors (Lipinski definition) is 1. The van der Waals surface area contributed by atoms with Crippen LogP contribution in [0.3, 0.4) is 0 Å². The summed E-state index contributed by atoms with van der Waals surface area (Å²) in [5.41, 5.74) is 3.09. The smallest absolute Gasteiger partial charge is 0.186 e. The first-order valence-corrected chi connectivity index (χ1v) is 7.24. The number of fused-ring (bicyclic) bond motifs is 1. The SMILES string of the molecule is OC1OC1c1ccc2c(cnn2CCc2ccc(F)cc2)c1. The van der Waals surface area contributed by atoms with Crippen molar-refractivity contribution in [1.29, 1.82) is 0 Å². The Morgan fingerprint density at radius 3 is 2.68 bits per heavy atom. The average Bonchev–Trinajstić information content (AvgIpc) is 3.13. The van der Waals surface area contributed by atoms with Crippen molar-refractivity contribution in [3.63, 3.8) is 0 Å². The number of rotatable bonds is 4. The molecule has 1 N–H and O–H groups in total. The van der Waals surface area contributed by atoms with Gasteiger partial charge in [0.05, 0.1) is 11.7 Å². The van der Waals surface area contributed by atoms with E-state index in [1.54, 1.807) is 12.1 Å². The van der Waals surface area contributed by atoms with Gasteiger partial charge in [0.2, 0.25) is 0 Å². The highest BCUT2D eigenvalue weighted by atomic mass is 19.1. The first-order valence-electron chi connectivity index (χ1n) is 7.24. The van der Waals surface area contributed by atoms with Crippen molar-refractivity contribution in [3.05, 3.63) is 65.6 Å². The predicted octanol–water partition coefficient (Wildman–Crippen LogP) is 2.81. The lowest BCUT2D eigenvalue weighted by atomic mass is 10.1. The van der Waals surface area contributed by atoms with Crippen LogP contribution in [0, 0.1) is 5.82 Å². The molecule has 1 saturated heterocycles. The van der Waals surface area contributed by atoms with E-state index in [1.165, 1.54) is 12.1 Å². The summed E-state index contributed by atoms with van der Waals surface area (Å²) in [4.78, 5) is 0. The summed E-state index contributed by atoms with van der Waals surface area (Å²) in [5, 5.41) is 14.8. The lowest BCUT2D eigenvalue weighted by Crippen LogP contribution is -2.03. The number of halogens is 1. The summed E-state index contributed by atoms with van der Waals surface area (Å²) in [6.07, 6.45) is 1.74. The summed E-state index contributed by atoms with van der Waals surface area (Å²) in [7, 11) is 0. The molecule has 1 aliphatic heterocycles. The molecule has 0 bridgehead atoms. The minimum Gasteiger partial charge on any atom is -0.366 e. The zero-order chi connectivity index (χ0) is 15.1. The number of ether oxygens (including phenoxy) is 1. The summed E-state index contributed by atoms with van der Waals surface area (Å²) < 4.78 is 19.9. The maximum absolute atomic E-state index is 12.9. The van der Waals surface area contributed by atoms with Gasteiger partial charge in [0.25, 0.3) is 0 Å². The van der Waals surface area contributed by atoms with Crippen molar-refractivity contribution in [1.82, 2.24) is 9.78 Å². The quantitative estimate of drug-likeness (QED) is 0.754. The summed E-state index contributed by atoms with van der Waals surface area (Å²) in [6.45, 7) is 0.733. The van der Waals surface area contributed by atoms with Gasteiger partial charge < -0.3 is 9.84 Å². The fraction of sp³-hybridized carbons (Fsp3) is 0.235. The van der Waals surface area contributed by atoms with Gasteiger partial charge in [-0.1, -0.05) is 18.2 Å². The zero-order valence-electron chi connectivity index (χ0n) is 11.8. The minimum atomic E-state index is -0.675. The highest BCUT2D eigenvalue weighted by molar-refractivity contribution is 5.79. The molecule has 4 nitrogen and oxygen atoms in total. The van der Waals surface area contributed by atoms with E-state index in [4.69, 9.17) is 4.74 Å². The number of nitrogens with zero attached hydrogens (tertiary/aromatic N) is 2. The van der Waals surface area contributed by atoms with Gasteiger partial charge in [-0.05, 0) is 41.8 Å². The number of epoxide rings is 1. The van der Waals surface area contributed by atoms with E-state index in [0.29, 0.717) is 0 Å². The lowest BCUT2D eigenvalue weighted by Gasteiger charge is -2.05. The molecule has 4 rings (SSSR count). The number of benzene rings is 2. The van der Waals surface area contributed by atoms with Crippen LogP contribution in [-0.2, 0) is 17.7 Å². The maximum Gasteiger partial charge on any atom is 0.186 e. The van der Waals surface area contributed by atoms with Crippen molar-refractivity contribution >= 4 is 10.9 Å². The minimum absolute atomic E-state index is 0.202. The van der Waals surface area contributed by atoms with Crippen LogP contribution >= 0.6 is 0 Å². The second-order valence-electron chi connectivity index (χ2n) is 5.51. The normalized spacial score (nSPS) is 20.5. The Balaban J connectivity index is 1.53. The van der Waals surface area contributed by atoms with Crippen LogP contribution in [0.15, 0.2) is 48.7 Å². The topological polar surface area (TPSA) is 50.6 Å². The third kappa shape index (κ3) is 2.49. The van der Waals surface area contributed by atoms with E-state index in [-0.39, 0.29) is 11.9 Å². The van der Waals surface area contributed by atoms with E-state index < -0.39 is 6.29 Å². The molecular formula is C17H15FN2O2. The molecule has 3 aromatic rings. The molecule has 22 heavy (non-hydrogen) atoms. The van der Waals surface area contributed by atoms with E-state index in [1.807, 2.05) is 29.1 Å². The third-order valence-corrected chi connectivity index (χ3v) is 3.99. The van der Waals surface area contributed by atoms with Crippen LogP contribution in [0.4, 0.5) is 4.39 Å². The molecule has 0 amide bonds. The molecule has 1 fully saturated rings. The molecule has 0 aliphatic carbocycles. The second kappa shape index (κ2) is 5.19. The molecule has 2 atom stereocenters. The van der Waals surface area contributed by atoms with Crippen molar-refractivity contribution in [2.75, 3.05) is 0 Å². The fourth-order valence-electron chi connectivity index (χ4n) is 2.69. The Morgan fingerprint density at radius 1 is 1.18 bits per heavy atom. The first-order chi connectivity index (χ1) is 10.7. The standard InChI is InChI=1S/C17H15FN2O2/c18-14-4-1-11(2-5-14)7-8-20-15-6-3-12(16-17(21)22-16)9-13(15)10-19-20/h1-6,9-10,16-17,21H,7-8H2. The third-order valence-electron chi connectivity index (χ3n) is 3.99. The van der Waals surface area contributed by atoms with Gasteiger partial charge >= 0.3 is 0 Å². The van der Waals surface area contributed by atoms with Crippen molar-refractivity contribution in [2.24, 2.45) is 0 Å². The van der Waals surface area contributed by atoms with Gasteiger partial charge in [-0.2, -0.15) is 5.10 Å². The molecule has 0 saturated carbocycles. The van der Waals surface area contributed by atoms with Crippen LogP contribution in [0.2, 0.25) is 0 Å². The second-order valence-corrected chi connectivity index (χ2v) is 5.51. The Labute approximate surface area is 126 Å². The maximum atomic E-state index is 12.9. The van der Waals surface area contributed by atoms with E-state index in [2.05, 4.69) is 5.10 Å². The monoisotopic (exact) mass is 298 g/mol. The van der Waals surface area contributed by atoms with E-state index in [0.717, 1.165) is 35.0 Å². The number of aryl methyl sites for hydroxylation is 2. The van der Waals surface area contributed by atoms with Gasteiger partial charge in [-0.15, -0.1) is 0 Å². The van der Waals surface area contributed by atoms with Gasteiger partial charge in [0, 0.05) is 11.9 Å². The molecular weight excluding hydrogens is 283 g/mol. The molecule has 1 aromatic heterocycles. The van der Waals surface area contributed by atoms with Crippen LogP contribution in [-0.4, -0.2) is 21.2 Å². The molecule has 1 aliphatic rings. The fourth-order valence-corrected chi connectivity index (χ4v) is 2.69. The number of aliphatic hydroxyl groups is 1. The molecule has 2 aromatic carbocycles. The highest BCUT2D eigenvalue weighted by Crippen LogP contribution is 2.37. The largest absolute Gasteiger partial charge is 0.366 e. The molecule has 2 unspecified atom stereocenters. The van der Waals surface area contributed by atoms with Crippen molar-refractivity contribution in [3.8, 4) is 0 Å². The van der Waals surface area contributed by atoms with Gasteiger partial charge in [0.1, 0.15) is 11.9 Å². The molecule has 5 heteroatoms. The number of hydrogen-bond acceptors (Lipinski definition) is 3. The predicted molar refractivity (Wildman–Crippen MR) is 79.7 cm³/mol.